The van der Waals surface area contributed by atoms with Crippen molar-refractivity contribution < 1.29 is 13.3 Å². The molecule has 0 saturated carbocycles. The van der Waals surface area contributed by atoms with Crippen LogP contribution in [0.5, 0.6) is 0 Å². The number of non-ortho nitro benzene ring substituents is 1. The largest absolute Gasteiger partial charge is 0.272 e. The zero-order valence-electron chi connectivity index (χ0n) is 9.09. The number of tetrazole rings is 1. The fourth-order valence-electron chi connectivity index (χ4n) is 1.30. The Kier molecular flexibility index (Phi) is 2.79. The van der Waals surface area contributed by atoms with Crippen LogP contribution in [0.3, 0.4) is 0 Å². The van der Waals surface area contributed by atoms with Crippen LogP contribution < -0.4 is 0 Å². The molecule has 0 spiro atoms. The molecule has 0 unspecified atom stereocenters. The summed E-state index contributed by atoms with van der Waals surface area (Å²) in [6.07, 6.45) is 0. The summed E-state index contributed by atoms with van der Waals surface area (Å²) in [6, 6.07) is 4.50. The molecule has 0 fully saturated rings. The van der Waals surface area contributed by atoms with Gasteiger partial charge in [-0.05, 0) is 22.6 Å². The van der Waals surface area contributed by atoms with Gasteiger partial charge in [0.1, 0.15) is 0 Å². The number of sulfone groups is 1. The molecular weight excluding hydrogens is 262 g/mol. The Bertz CT molecular complexity index is 691. The molecule has 0 bridgehead atoms. The highest BCUT2D eigenvalue weighted by atomic mass is 32.2. The minimum absolute atomic E-state index is 0.106. The van der Waals surface area contributed by atoms with E-state index in [0.717, 1.165) is 28.9 Å². The van der Waals surface area contributed by atoms with Crippen molar-refractivity contribution in [1.82, 2.24) is 20.2 Å². The smallest absolute Gasteiger partial charge is 0.258 e. The molecule has 94 valence electrons. The fourth-order valence-corrected chi connectivity index (χ4v) is 2.53. The van der Waals surface area contributed by atoms with E-state index >= 15 is 0 Å². The monoisotopic (exact) mass is 269 g/mol. The number of nitro groups is 1. The number of rotatable bonds is 3. The maximum atomic E-state index is 12.1. The second kappa shape index (κ2) is 4.14. The van der Waals surface area contributed by atoms with Gasteiger partial charge in [0.15, 0.2) is 0 Å². The predicted molar refractivity (Wildman–Crippen MR) is 57.3 cm³/mol. The van der Waals surface area contributed by atoms with Gasteiger partial charge in [0.05, 0.1) is 9.82 Å². The molecule has 1 aromatic heterocycles. The molecule has 9 nitrogen and oxygen atoms in total. The van der Waals surface area contributed by atoms with Crippen molar-refractivity contribution in [2.24, 2.45) is 7.05 Å². The lowest BCUT2D eigenvalue weighted by molar-refractivity contribution is -0.384. The molecule has 10 heteroatoms. The molecule has 0 N–H and O–H groups in total. The van der Waals surface area contributed by atoms with Crippen molar-refractivity contribution >= 4 is 15.5 Å². The molecule has 0 amide bonds. The third-order valence-electron chi connectivity index (χ3n) is 2.18. The second-order valence-corrected chi connectivity index (χ2v) is 5.18. The summed E-state index contributed by atoms with van der Waals surface area (Å²) in [5.74, 6) is 0. The Morgan fingerprint density at radius 3 is 2.33 bits per heavy atom. The van der Waals surface area contributed by atoms with E-state index < -0.39 is 14.8 Å². The maximum absolute atomic E-state index is 12.1. The Morgan fingerprint density at radius 2 is 1.89 bits per heavy atom. The first-order valence-corrected chi connectivity index (χ1v) is 6.13. The molecule has 0 aliphatic carbocycles. The molecule has 1 heterocycles. The molecule has 0 aliphatic heterocycles. The number of benzene rings is 1. The first kappa shape index (κ1) is 12.1. The van der Waals surface area contributed by atoms with Crippen molar-refractivity contribution in [3.63, 3.8) is 0 Å². The highest BCUT2D eigenvalue weighted by Crippen LogP contribution is 2.20. The summed E-state index contributed by atoms with van der Waals surface area (Å²) < 4.78 is 25.1. The van der Waals surface area contributed by atoms with Crippen LogP contribution in [0.2, 0.25) is 0 Å². The summed E-state index contributed by atoms with van der Waals surface area (Å²) in [4.78, 5) is 9.75. The predicted octanol–water partition coefficient (Wildman–Crippen LogP) is -0.0489. The van der Waals surface area contributed by atoms with E-state index in [2.05, 4.69) is 15.5 Å². The number of nitro benzene ring substituents is 1. The number of aryl methyl sites for hydroxylation is 1. The molecule has 18 heavy (non-hydrogen) atoms. The highest BCUT2D eigenvalue weighted by molar-refractivity contribution is 7.91. The minimum atomic E-state index is -3.86. The van der Waals surface area contributed by atoms with Gasteiger partial charge in [0, 0.05) is 19.2 Å². The first-order chi connectivity index (χ1) is 8.43. The van der Waals surface area contributed by atoms with Crippen molar-refractivity contribution in [2.45, 2.75) is 10.1 Å². The zero-order valence-corrected chi connectivity index (χ0v) is 9.90. The molecule has 0 saturated heterocycles. The van der Waals surface area contributed by atoms with Crippen LogP contribution in [0.25, 0.3) is 0 Å². The molecule has 1 aromatic carbocycles. The number of hydrogen-bond acceptors (Lipinski definition) is 7. The zero-order chi connectivity index (χ0) is 13.3. The molecule has 0 radical (unpaired) electrons. The molecule has 0 atom stereocenters. The van der Waals surface area contributed by atoms with E-state index in [9.17, 15) is 18.5 Å². The van der Waals surface area contributed by atoms with E-state index in [-0.39, 0.29) is 15.7 Å². The summed E-state index contributed by atoms with van der Waals surface area (Å²) >= 11 is 0. The van der Waals surface area contributed by atoms with E-state index in [4.69, 9.17) is 0 Å². The molecule has 0 aliphatic rings. The van der Waals surface area contributed by atoms with Gasteiger partial charge < -0.3 is 0 Å². The SMILES string of the molecule is Cn1nnnc1S(=O)(=O)c1ccc([N+](=O)[O-])cc1. The van der Waals surface area contributed by atoms with E-state index in [1.807, 2.05) is 0 Å². The third kappa shape index (κ3) is 1.93. The van der Waals surface area contributed by atoms with Crippen LogP contribution in [-0.2, 0) is 16.9 Å². The van der Waals surface area contributed by atoms with Gasteiger partial charge in [-0.3, -0.25) is 10.1 Å². The summed E-state index contributed by atoms with van der Waals surface area (Å²) in [5.41, 5.74) is -0.190. The number of hydrogen-bond donors (Lipinski definition) is 0. The van der Waals surface area contributed by atoms with E-state index in [1.54, 1.807) is 0 Å². The van der Waals surface area contributed by atoms with Crippen LogP contribution in [0.1, 0.15) is 0 Å². The van der Waals surface area contributed by atoms with E-state index in [0.29, 0.717) is 0 Å². The third-order valence-corrected chi connectivity index (χ3v) is 3.90. The molecular formula is C8H7N5O4S. The summed E-state index contributed by atoms with van der Waals surface area (Å²) in [6.45, 7) is 0. The fraction of sp³-hybridized carbons (Fsp3) is 0.125. The van der Waals surface area contributed by atoms with Gasteiger partial charge in [-0.2, -0.15) is 0 Å². The van der Waals surface area contributed by atoms with E-state index in [1.165, 1.54) is 7.05 Å². The molecule has 2 rings (SSSR count). The Morgan fingerprint density at radius 1 is 1.28 bits per heavy atom. The van der Waals surface area contributed by atoms with Gasteiger partial charge in [-0.1, -0.05) is 5.10 Å². The summed E-state index contributed by atoms with van der Waals surface area (Å²) in [7, 11) is -2.48. The van der Waals surface area contributed by atoms with Crippen molar-refractivity contribution in [3.05, 3.63) is 34.4 Å². The van der Waals surface area contributed by atoms with Crippen LogP contribution in [0.4, 0.5) is 5.69 Å². The number of aromatic nitrogens is 4. The molecule has 2 aromatic rings. The average Bonchev–Trinajstić information content (AvgIpc) is 2.76. The quantitative estimate of drug-likeness (QED) is 0.565. The minimum Gasteiger partial charge on any atom is -0.258 e. The lowest BCUT2D eigenvalue weighted by atomic mass is 10.3. The van der Waals surface area contributed by atoms with Gasteiger partial charge in [0.2, 0.25) is 9.84 Å². The van der Waals surface area contributed by atoms with Crippen LogP contribution in [-0.4, -0.2) is 33.5 Å². The van der Waals surface area contributed by atoms with Crippen molar-refractivity contribution in [1.29, 1.82) is 0 Å². The van der Waals surface area contributed by atoms with Crippen molar-refractivity contribution in [2.75, 3.05) is 0 Å². The summed E-state index contributed by atoms with van der Waals surface area (Å²) in [5, 5.41) is 20.2. The van der Waals surface area contributed by atoms with Gasteiger partial charge in [-0.15, -0.1) is 0 Å². The van der Waals surface area contributed by atoms with Gasteiger partial charge >= 0.3 is 0 Å². The van der Waals surface area contributed by atoms with Crippen LogP contribution in [0, 0.1) is 10.1 Å². The maximum Gasteiger partial charge on any atom is 0.272 e. The Hall–Kier alpha value is -2.36. The van der Waals surface area contributed by atoms with Crippen LogP contribution in [0.15, 0.2) is 34.3 Å². The van der Waals surface area contributed by atoms with Gasteiger partial charge in [-0.25, -0.2) is 13.1 Å². The highest BCUT2D eigenvalue weighted by Gasteiger charge is 2.24. The topological polar surface area (TPSA) is 121 Å². The second-order valence-electron chi connectivity index (χ2n) is 3.34. The lowest BCUT2D eigenvalue weighted by Crippen LogP contribution is -2.09. The van der Waals surface area contributed by atoms with Crippen molar-refractivity contribution in [3.8, 4) is 0 Å². The standard InChI is InChI=1S/C8H7N5O4S/c1-12-8(9-10-11-12)18(16,17)7-4-2-6(3-5-7)13(14)15/h2-5H,1H3. The normalized spacial score (nSPS) is 11.4. The lowest BCUT2D eigenvalue weighted by Gasteiger charge is -2.01. The Labute approximate surface area is 101 Å². The number of nitrogens with zero attached hydrogens (tertiary/aromatic N) is 5. The Balaban J connectivity index is 2.49. The van der Waals surface area contributed by atoms with Crippen LogP contribution >= 0.6 is 0 Å². The first-order valence-electron chi connectivity index (χ1n) is 4.65. The average molecular weight is 269 g/mol. The van der Waals surface area contributed by atoms with Gasteiger partial charge in [0.25, 0.3) is 10.8 Å².